The third kappa shape index (κ3) is 2.80. The van der Waals surface area contributed by atoms with Crippen molar-refractivity contribution in [1.82, 2.24) is 0 Å². The minimum absolute atomic E-state index is 0.0946. The van der Waals surface area contributed by atoms with Crippen molar-refractivity contribution in [2.45, 2.75) is 64.8 Å². The van der Waals surface area contributed by atoms with Gasteiger partial charge in [-0.3, -0.25) is 4.79 Å². The van der Waals surface area contributed by atoms with Gasteiger partial charge in [0.1, 0.15) is 0 Å². The number of hydrogen-bond acceptors (Lipinski definition) is 3. The first kappa shape index (κ1) is 14.5. The van der Waals surface area contributed by atoms with Gasteiger partial charge in [-0.25, -0.2) is 0 Å². The van der Waals surface area contributed by atoms with E-state index in [0.717, 1.165) is 0 Å². The molecule has 0 saturated carbocycles. The summed E-state index contributed by atoms with van der Waals surface area (Å²) in [5.74, 6) is -1.23. The van der Waals surface area contributed by atoms with E-state index in [-0.39, 0.29) is 5.92 Å². The largest absolute Gasteiger partial charge is 0.481 e. The summed E-state index contributed by atoms with van der Waals surface area (Å²) < 4.78 is 5.93. The molecular weight excluding hydrogens is 220 g/mol. The first-order valence-electron chi connectivity index (χ1n) is 6.21. The van der Waals surface area contributed by atoms with Crippen LogP contribution >= 0.6 is 0 Å². The minimum Gasteiger partial charge on any atom is -0.481 e. The van der Waals surface area contributed by atoms with Crippen LogP contribution in [0.15, 0.2) is 0 Å². The van der Waals surface area contributed by atoms with Crippen molar-refractivity contribution in [3.8, 4) is 0 Å². The summed E-state index contributed by atoms with van der Waals surface area (Å²) in [5, 5.41) is 19.3. The molecule has 2 N–H and O–H groups in total. The van der Waals surface area contributed by atoms with E-state index >= 15 is 0 Å². The lowest BCUT2D eigenvalue weighted by molar-refractivity contribution is -0.238. The monoisotopic (exact) mass is 244 g/mol. The molecule has 0 aromatic rings. The Hall–Kier alpha value is -0.610. The topological polar surface area (TPSA) is 66.8 Å². The first-order chi connectivity index (χ1) is 7.60. The second-order valence-electron chi connectivity index (χ2n) is 6.14. The quantitative estimate of drug-likeness (QED) is 0.797. The van der Waals surface area contributed by atoms with Crippen molar-refractivity contribution in [3.63, 3.8) is 0 Å². The zero-order chi connectivity index (χ0) is 13.4. The maximum atomic E-state index is 11.1. The van der Waals surface area contributed by atoms with Crippen LogP contribution in [0.4, 0.5) is 0 Å². The van der Waals surface area contributed by atoms with Crippen LogP contribution in [0.1, 0.15) is 47.5 Å². The smallest absolute Gasteiger partial charge is 0.309 e. The minimum atomic E-state index is -0.823. The Bertz CT molecular complexity index is 298. The van der Waals surface area contributed by atoms with Gasteiger partial charge in [0, 0.05) is 0 Å². The molecule has 1 rings (SSSR count). The van der Waals surface area contributed by atoms with Gasteiger partial charge in [0.15, 0.2) is 0 Å². The number of carboxylic acid groups (broad SMARTS) is 1. The molecule has 1 saturated heterocycles. The van der Waals surface area contributed by atoms with Gasteiger partial charge in [-0.1, -0.05) is 13.8 Å². The van der Waals surface area contributed by atoms with Gasteiger partial charge in [-0.15, -0.1) is 0 Å². The predicted octanol–water partition coefficient (Wildman–Crippen LogP) is 2.05. The van der Waals surface area contributed by atoms with Crippen LogP contribution < -0.4 is 0 Å². The molecule has 4 nitrogen and oxygen atoms in total. The predicted molar refractivity (Wildman–Crippen MR) is 64.8 cm³/mol. The van der Waals surface area contributed by atoms with Gasteiger partial charge in [-0.05, 0) is 39.5 Å². The van der Waals surface area contributed by atoms with E-state index in [1.807, 2.05) is 20.8 Å². The lowest BCUT2D eigenvalue weighted by atomic mass is 9.75. The van der Waals surface area contributed by atoms with Gasteiger partial charge in [0.2, 0.25) is 0 Å². The summed E-state index contributed by atoms with van der Waals surface area (Å²) >= 11 is 0. The zero-order valence-electron chi connectivity index (χ0n) is 11.4. The van der Waals surface area contributed by atoms with Gasteiger partial charge in [0.05, 0.1) is 23.2 Å². The van der Waals surface area contributed by atoms with Crippen molar-refractivity contribution < 1.29 is 19.7 Å². The Kier molecular flexibility index (Phi) is 3.89. The van der Waals surface area contributed by atoms with Gasteiger partial charge < -0.3 is 14.9 Å². The third-order valence-corrected chi connectivity index (χ3v) is 3.82. The van der Waals surface area contributed by atoms with E-state index in [1.54, 1.807) is 13.8 Å². The third-order valence-electron chi connectivity index (χ3n) is 3.82. The summed E-state index contributed by atoms with van der Waals surface area (Å²) in [6.07, 6.45) is 0.548. The van der Waals surface area contributed by atoms with Crippen molar-refractivity contribution in [2.24, 2.45) is 11.8 Å². The molecule has 0 unspecified atom stereocenters. The van der Waals surface area contributed by atoms with E-state index in [0.29, 0.717) is 12.8 Å². The highest BCUT2D eigenvalue weighted by molar-refractivity contribution is 5.71. The number of aliphatic carboxylic acids is 1. The van der Waals surface area contributed by atoms with Crippen molar-refractivity contribution in [3.05, 3.63) is 0 Å². The summed E-state index contributed by atoms with van der Waals surface area (Å²) in [6, 6.07) is 0. The fourth-order valence-corrected chi connectivity index (χ4v) is 2.84. The molecule has 0 radical (unpaired) electrons. The molecule has 0 amide bonds. The molecule has 17 heavy (non-hydrogen) atoms. The molecule has 1 aliphatic heterocycles. The van der Waals surface area contributed by atoms with Crippen LogP contribution in [0.25, 0.3) is 0 Å². The number of aliphatic hydroxyl groups excluding tert-OH is 1. The number of ether oxygens (including phenoxy) is 1. The van der Waals surface area contributed by atoms with Crippen LogP contribution in [-0.4, -0.2) is 33.5 Å². The van der Waals surface area contributed by atoms with E-state index in [4.69, 9.17) is 9.84 Å². The highest BCUT2D eigenvalue weighted by Gasteiger charge is 2.50. The number of hydrogen-bond donors (Lipinski definition) is 2. The van der Waals surface area contributed by atoms with Crippen LogP contribution in [0.3, 0.4) is 0 Å². The average molecular weight is 244 g/mol. The molecule has 0 aromatic carbocycles. The number of carbonyl (C=O) groups is 1. The lowest BCUT2D eigenvalue weighted by Gasteiger charge is -2.49. The number of carboxylic acids is 1. The first-order valence-corrected chi connectivity index (χ1v) is 6.21. The molecule has 0 bridgehead atoms. The molecule has 0 aliphatic carbocycles. The molecule has 3 atom stereocenters. The van der Waals surface area contributed by atoms with E-state index in [1.165, 1.54) is 0 Å². The number of rotatable bonds is 3. The number of aliphatic hydroxyl groups is 1. The highest BCUT2D eigenvalue weighted by atomic mass is 16.5. The Morgan fingerprint density at radius 1 is 1.35 bits per heavy atom. The second kappa shape index (κ2) is 4.58. The summed E-state index contributed by atoms with van der Waals surface area (Å²) in [7, 11) is 0. The SMILES string of the molecule is CC(C)[C@H](O)[C@]1(C)CC[C@H](C(=O)O)C(C)(C)O1. The van der Waals surface area contributed by atoms with Gasteiger partial charge in [-0.2, -0.15) is 0 Å². The Morgan fingerprint density at radius 2 is 1.88 bits per heavy atom. The molecule has 100 valence electrons. The lowest BCUT2D eigenvalue weighted by Crippen LogP contribution is -2.57. The van der Waals surface area contributed by atoms with Crippen molar-refractivity contribution >= 4 is 5.97 Å². The molecule has 0 spiro atoms. The maximum absolute atomic E-state index is 11.1. The molecule has 1 heterocycles. The Morgan fingerprint density at radius 3 is 2.24 bits per heavy atom. The van der Waals surface area contributed by atoms with Crippen molar-refractivity contribution in [1.29, 1.82) is 0 Å². The Balaban J connectivity index is 2.88. The van der Waals surface area contributed by atoms with Crippen LogP contribution in [0, 0.1) is 11.8 Å². The second-order valence-corrected chi connectivity index (χ2v) is 6.14. The van der Waals surface area contributed by atoms with E-state index in [2.05, 4.69) is 0 Å². The fraction of sp³-hybridized carbons (Fsp3) is 0.923. The molecule has 0 aromatic heterocycles. The fourth-order valence-electron chi connectivity index (χ4n) is 2.84. The summed E-state index contributed by atoms with van der Waals surface area (Å²) in [4.78, 5) is 11.1. The molecule has 1 aliphatic rings. The molecule has 1 fully saturated rings. The molecule has 4 heteroatoms. The zero-order valence-corrected chi connectivity index (χ0v) is 11.4. The van der Waals surface area contributed by atoms with E-state index in [9.17, 15) is 9.90 Å². The van der Waals surface area contributed by atoms with Crippen LogP contribution in [-0.2, 0) is 9.53 Å². The van der Waals surface area contributed by atoms with Crippen LogP contribution in [0.5, 0.6) is 0 Å². The van der Waals surface area contributed by atoms with Gasteiger partial charge in [0.25, 0.3) is 0 Å². The summed E-state index contributed by atoms with van der Waals surface area (Å²) in [6.45, 7) is 9.33. The maximum Gasteiger partial charge on any atom is 0.309 e. The summed E-state index contributed by atoms with van der Waals surface area (Å²) in [5.41, 5.74) is -1.39. The normalized spacial score (nSPS) is 34.6. The Labute approximate surface area is 103 Å². The van der Waals surface area contributed by atoms with E-state index < -0.39 is 29.2 Å². The standard InChI is InChI=1S/C13H24O4/c1-8(2)10(14)13(5)7-6-9(11(15)16)12(3,4)17-13/h8-10,14H,6-7H2,1-5H3,(H,15,16)/t9-,10+,13+/m1/s1. The molecular formula is C13H24O4. The average Bonchev–Trinajstić information content (AvgIpc) is 2.13. The highest BCUT2D eigenvalue weighted by Crippen LogP contribution is 2.42. The van der Waals surface area contributed by atoms with Crippen molar-refractivity contribution in [2.75, 3.05) is 0 Å². The van der Waals surface area contributed by atoms with Gasteiger partial charge >= 0.3 is 5.97 Å². The van der Waals surface area contributed by atoms with Crippen LogP contribution in [0.2, 0.25) is 0 Å².